The van der Waals surface area contributed by atoms with Gasteiger partial charge in [-0.1, -0.05) is 24.0 Å². The van der Waals surface area contributed by atoms with E-state index >= 15 is 0 Å². The highest BCUT2D eigenvalue weighted by Crippen LogP contribution is 2.32. The Balaban J connectivity index is 1.10. The molecule has 5 rings (SSSR count). The first-order valence-electron chi connectivity index (χ1n) is 13.7. The minimum atomic E-state index is -4.58. The topological polar surface area (TPSA) is 86.9 Å². The van der Waals surface area contributed by atoms with Gasteiger partial charge in [-0.15, -0.1) is 10.2 Å². The van der Waals surface area contributed by atoms with Crippen molar-refractivity contribution in [3.63, 3.8) is 0 Å². The van der Waals surface area contributed by atoms with Gasteiger partial charge < -0.3 is 14.9 Å². The second-order valence-electron chi connectivity index (χ2n) is 10.5. The number of aryl methyl sites for hydroxylation is 1. The van der Waals surface area contributed by atoms with Gasteiger partial charge in [-0.05, 0) is 75.4 Å². The van der Waals surface area contributed by atoms with Gasteiger partial charge in [0.1, 0.15) is 5.84 Å². The predicted molar refractivity (Wildman–Crippen MR) is 139 cm³/mol. The first-order chi connectivity index (χ1) is 18.8. The Kier molecular flexibility index (Phi) is 8.21. The molecule has 39 heavy (non-hydrogen) atoms. The van der Waals surface area contributed by atoms with Crippen molar-refractivity contribution in [1.82, 2.24) is 24.7 Å². The molecule has 0 atom stereocenters. The van der Waals surface area contributed by atoms with Crippen LogP contribution in [0.25, 0.3) is 0 Å². The molecule has 0 aliphatic carbocycles. The van der Waals surface area contributed by atoms with Crippen LogP contribution < -0.4 is 0 Å². The molecule has 2 saturated heterocycles. The minimum Gasteiger partial charge on any atom is -0.481 e. The summed E-state index contributed by atoms with van der Waals surface area (Å²) in [5.41, 5.74) is 2.27. The Hall–Kier alpha value is -3.39. The summed E-state index contributed by atoms with van der Waals surface area (Å²) in [7, 11) is 0. The molecule has 11 heteroatoms. The highest BCUT2D eigenvalue weighted by molar-refractivity contribution is 5.83. The number of fused-ring (bicyclic) bond motifs is 1. The van der Waals surface area contributed by atoms with Gasteiger partial charge in [0.15, 0.2) is 5.82 Å². The molecular formula is C28H33F3N6O2. The quantitative estimate of drug-likeness (QED) is 0.570. The van der Waals surface area contributed by atoms with Crippen LogP contribution in [0.15, 0.2) is 29.4 Å². The number of benzene rings is 1. The maximum atomic E-state index is 13.2. The zero-order valence-corrected chi connectivity index (χ0v) is 21.8. The average molecular weight is 543 g/mol. The summed E-state index contributed by atoms with van der Waals surface area (Å²) < 4.78 is 40.5. The van der Waals surface area contributed by atoms with Crippen molar-refractivity contribution in [2.24, 2.45) is 11.0 Å². The number of aliphatic carboxylic acids is 1. The normalized spacial score (nSPS) is 19.3. The van der Waals surface area contributed by atoms with E-state index in [4.69, 9.17) is 5.11 Å². The first kappa shape index (κ1) is 27.2. The molecular weight excluding hydrogens is 509 g/mol. The maximum Gasteiger partial charge on any atom is 0.453 e. The number of piperidine rings is 2. The van der Waals surface area contributed by atoms with Crippen LogP contribution in [0.4, 0.5) is 13.2 Å². The molecule has 0 unspecified atom stereocenters. The Morgan fingerprint density at radius 1 is 1.00 bits per heavy atom. The van der Waals surface area contributed by atoms with E-state index in [2.05, 4.69) is 61.2 Å². The van der Waals surface area contributed by atoms with Gasteiger partial charge in [0.05, 0.1) is 0 Å². The van der Waals surface area contributed by atoms with Crippen molar-refractivity contribution in [1.29, 1.82) is 0 Å². The summed E-state index contributed by atoms with van der Waals surface area (Å²) in [6.45, 7) is 4.26. The van der Waals surface area contributed by atoms with Crippen LogP contribution in [0.5, 0.6) is 0 Å². The number of hydrogen-bond acceptors (Lipinski definition) is 6. The van der Waals surface area contributed by atoms with Crippen LogP contribution in [0, 0.1) is 17.8 Å². The van der Waals surface area contributed by atoms with E-state index in [0.717, 1.165) is 68.6 Å². The van der Waals surface area contributed by atoms with Crippen molar-refractivity contribution < 1.29 is 23.1 Å². The third kappa shape index (κ3) is 6.79. The maximum absolute atomic E-state index is 13.2. The van der Waals surface area contributed by atoms with Crippen LogP contribution >= 0.6 is 0 Å². The fraction of sp³-hybridized carbons (Fsp3) is 0.571. The van der Waals surface area contributed by atoms with E-state index in [-0.39, 0.29) is 12.2 Å². The molecule has 0 saturated carbocycles. The zero-order valence-electron chi connectivity index (χ0n) is 21.8. The monoisotopic (exact) mass is 542 g/mol. The number of halogens is 3. The van der Waals surface area contributed by atoms with Crippen LogP contribution in [-0.4, -0.2) is 74.3 Å². The molecule has 8 nitrogen and oxygen atoms in total. The molecule has 2 aromatic rings. The molecule has 1 N–H and O–H groups in total. The Morgan fingerprint density at radius 2 is 1.72 bits per heavy atom. The smallest absolute Gasteiger partial charge is 0.453 e. The number of rotatable bonds is 5. The van der Waals surface area contributed by atoms with E-state index in [0.29, 0.717) is 36.9 Å². The molecule has 1 aromatic carbocycles. The number of likely N-dealkylation sites (tertiary alicyclic amines) is 2. The molecule has 0 radical (unpaired) electrons. The second-order valence-corrected chi connectivity index (χ2v) is 10.5. The van der Waals surface area contributed by atoms with Crippen molar-refractivity contribution in [2.45, 2.75) is 63.5 Å². The standard InChI is InChI=1S/C28H33F3N6O2/c29-28(30,31)27-33-32-24-9-10-25(34-37(24)27)36-18-13-23(14-19-36)22-7-5-20(6-8-22)3-4-21-11-16-35(17-12-21)15-1-2-26(38)39/h5-8,21,23H,1-2,9-19H2,(H,38,39). The van der Waals surface area contributed by atoms with Crippen molar-refractivity contribution in [2.75, 3.05) is 32.7 Å². The third-order valence-corrected chi connectivity index (χ3v) is 7.86. The zero-order chi connectivity index (χ0) is 27.4. The summed E-state index contributed by atoms with van der Waals surface area (Å²) in [6, 6.07) is 8.44. The highest BCUT2D eigenvalue weighted by Gasteiger charge is 2.40. The Morgan fingerprint density at radius 3 is 2.38 bits per heavy atom. The van der Waals surface area contributed by atoms with Gasteiger partial charge in [-0.3, -0.25) is 4.79 Å². The van der Waals surface area contributed by atoms with Gasteiger partial charge >= 0.3 is 12.1 Å². The number of hydrogen-bond donors (Lipinski definition) is 1. The van der Waals surface area contributed by atoms with Gasteiger partial charge in [-0.2, -0.15) is 22.9 Å². The van der Waals surface area contributed by atoms with E-state index in [1.54, 1.807) is 0 Å². The lowest BCUT2D eigenvalue weighted by Gasteiger charge is -2.35. The van der Waals surface area contributed by atoms with E-state index < -0.39 is 18.0 Å². The van der Waals surface area contributed by atoms with Crippen LogP contribution in [0.2, 0.25) is 0 Å². The fourth-order valence-corrected chi connectivity index (χ4v) is 5.61. The number of carbonyl (C=O) groups is 1. The minimum absolute atomic E-state index is 0.223. The van der Waals surface area contributed by atoms with Crippen molar-refractivity contribution >= 4 is 11.8 Å². The lowest BCUT2D eigenvalue weighted by molar-refractivity contribution is -0.147. The van der Waals surface area contributed by atoms with Crippen LogP contribution in [0.3, 0.4) is 0 Å². The molecule has 2 fully saturated rings. The van der Waals surface area contributed by atoms with Gasteiger partial charge in [0.2, 0.25) is 0 Å². The largest absolute Gasteiger partial charge is 0.481 e. The van der Waals surface area contributed by atoms with Crippen molar-refractivity contribution in [3.05, 3.63) is 47.0 Å². The number of nitrogens with zero attached hydrogens (tertiary/aromatic N) is 6. The second kappa shape index (κ2) is 11.8. The van der Waals surface area contributed by atoms with E-state index in [9.17, 15) is 18.0 Å². The molecule has 1 aromatic heterocycles. The summed E-state index contributed by atoms with van der Waals surface area (Å²) in [5, 5.41) is 20.0. The molecule has 208 valence electrons. The third-order valence-electron chi connectivity index (χ3n) is 7.86. The number of carboxylic acids is 1. The average Bonchev–Trinajstić information content (AvgIpc) is 3.37. The lowest BCUT2D eigenvalue weighted by Crippen LogP contribution is -2.40. The molecule has 4 heterocycles. The van der Waals surface area contributed by atoms with E-state index in [1.807, 2.05) is 0 Å². The lowest BCUT2D eigenvalue weighted by atomic mass is 9.88. The van der Waals surface area contributed by atoms with Gasteiger partial charge in [-0.25, -0.2) is 0 Å². The number of amidine groups is 1. The Labute approximate surface area is 225 Å². The van der Waals surface area contributed by atoms with Crippen molar-refractivity contribution in [3.8, 4) is 11.8 Å². The summed E-state index contributed by atoms with van der Waals surface area (Å²) in [6.07, 6.45) is 1.15. The van der Waals surface area contributed by atoms with Crippen LogP contribution in [-0.2, 0) is 17.4 Å². The summed E-state index contributed by atoms with van der Waals surface area (Å²) in [5.74, 6) is 6.63. The SMILES string of the molecule is O=C(O)CCCN1CCC(C#Cc2ccc(C3CCN(C4=Nn5c(nnc5C(F)(F)F)CC4)CC3)cc2)CC1. The van der Waals surface area contributed by atoms with Crippen LogP contribution in [0.1, 0.15) is 73.6 Å². The number of aromatic nitrogens is 3. The summed E-state index contributed by atoms with van der Waals surface area (Å²) >= 11 is 0. The fourth-order valence-electron chi connectivity index (χ4n) is 5.61. The van der Waals surface area contributed by atoms with E-state index in [1.165, 1.54) is 5.56 Å². The molecule has 0 amide bonds. The molecule has 3 aliphatic heterocycles. The molecule has 0 spiro atoms. The Bertz CT molecular complexity index is 1240. The molecule has 3 aliphatic rings. The number of alkyl halides is 3. The molecule has 0 bridgehead atoms. The predicted octanol–water partition coefficient (Wildman–Crippen LogP) is 4.21. The highest BCUT2D eigenvalue weighted by atomic mass is 19.4. The number of carboxylic acid groups (broad SMARTS) is 1. The van der Waals surface area contributed by atoms with Gasteiger partial charge in [0, 0.05) is 43.8 Å². The summed E-state index contributed by atoms with van der Waals surface area (Å²) in [4.78, 5) is 15.1. The van der Waals surface area contributed by atoms with Gasteiger partial charge in [0.25, 0.3) is 5.82 Å². The first-order valence-corrected chi connectivity index (χ1v) is 13.7.